The summed E-state index contributed by atoms with van der Waals surface area (Å²) in [6.45, 7) is 2.43. The van der Waals surface area contributed by atoms with Gasteiger partial charge >= 0.3 is 6.03 Å². The van der Waals surface area contributed by atoms with Gasteiger partial charge in [0.15, 0.2) is 5.96 Å². The Morgan fingerprint density at radius 3 is 2.94 bits per heavy atom. The lowest BCUT2D eigenvalue weighted by Crippen LogP contribution is -2.35. The lowest BCUT2D eigenvalue weighted by molar-refractivity contribution is -0.120. The standard InChI is InChI=1S/C9H15N5O2/c15-7-6(13-9(16)14-7)2-1-3-10-8-11-4-5-12-8/h6H,1-5H2,(H2,10,11,12)(H2,13,14,15,16)/t6-/m0/s1. The van der Waals surface area contributed by atoms with Gasteiger partial charge in [-0.2, -0.15) is 0 Å². The molecule has 0 saturated carbocycles. The predicted octanol–water partition coefficient (Wildman–Crippen LogP) is -1.48. The van der Waals surface area contributed by atoms with E-state index in [0.717, 1.165) is 32.0 Å². The summed E-state index contributed by atoms with van der Waals surface area (Å²) in [7, 11) is 0. The molecule has 0 spiro atoms. The molecular formula is C9H15N5O2. The second-order valence-corrected chi connectivity index (χ2v) is 3.74. The SMILES string of the molecule is O=C1NC(=O)[C@H](CCCNC2=NCCN2)N1. The monoisotopic (exact) mass is 225 g/mol. The van der Waals surface area contributed by atoms with Crippen molar-refractivity contribution in [1.82, 2.24) is 21.3 Å². The van der Waals surface area contributed by atoms with Crippen LogP contribution in [0, 0.1) is 0 Å². The van der Waals surface area contributed by atoms with Crippen molar-refractivity contribution in [2.45, 2.75) is 18.9 Å². The van der Waals surface area contributed by atoms with Crippen molar-refractivity contribution in [3.63, 3.8) is 0 Å². The van der Waals surface area contributed by atoms with Crippen LogP contribution in [0.2, 0.25) is 0 Å². The predicted molar refractivity (Wildman–Crippen MR) is 58.0 cm³/mol. The first-order valence-electron chi connectivity index (χ1n) is 5.39. The lowest BCUT2D eigenvalue weighted by Gasteiger charge is -2.08. The molecule has 2 aliphatic rings. The molecule has 1 fully saturated rings. The van der Waals surface area contributed by atoms with Gasteiger partial charge in [0, 0.05) is 13.1 Å². The molecule has 2 heterocycles. The minimum absolute atomic E-state index is 0.235. The first-order valence-corrected chi connectivity index (χ1v) is 5.39. The molecule has 7 nitrogen and oxygen atoms in total. The molecule has 4 N–H and O–H groups in total. The van der Waals surface area contributed by atoms with Crippen LogP contribution in [-0.2, 0) is 4.79 Å². The fourth-order valence-electron chi connectivity index (χ4n) is 1.69. The van der Waals surface area contributed by atoms with E-state index in [4.69, 9.17) is 0 Å². The number of nitrogens with zero attached hydrogens (tertiary/aromatic N) is 1. The quantitative estimate of drug-likeness (QED) is 0.347. The Morgan fingerprint density at radius 1 is 1.44 bits per heavy atom. The second-order valence-electron chi connectivity index (χ2n) is 3.74. The largest absolute Gasteiger partial charge is 0.356 e. The van der Waals surface area contributed by atoms with Gasteiger partial charge in [-0.3, -0.25) is 15.1 Å². The summed E-state index contributed by atoms with van der Waals surface area (Å²) < 4.78 is 0. The number of carbonyl (C=O) groups is 2. The number of hydrogen-bond acceptors (Lipinski definition) is 5. The number of rotatable bonds is 4. The van der Waals surface area contributed by atoms with E-state index < -0.39 is 6.03 Å². The second kappa shape index (κ2) is 4.82. The molecule has 88 valence electrons. The zero-order valence-electron chi connectivity index (χ0n) is 8.88. The fraction of sp³-hybridized carbons (Fsp3) is 0.667. The Balaban J connectivity index is 1.61. The van der Waals surface area contributed by atoms with E-state index in [0.29, 0.717) is 6.42 Å². The van der Waals surface area contributed by atoms with E-state index in [1.54, 1.807) is 0 Å². The topological polar surface area (TPSA) is 94.6 Å². The Morgan fingerprint density at radius 2 is 2.31 bits per heavy atom. The third-order valence-electron chi connectivity index (χ3n) is 2.49. The van der Waals surface area contributed by atoms with Gasteiger partial charge < -0.3 is 16.0 Å². The Bertz CT molecular complexity index is 328. The fourth-order valence-corrected chi connectivity index (χ4v) is 1.69. The Labute approximate surface area is 93.1 Å². The third-order valence-corrected chi connectivity index (χ3v) is 2.49. The molecule has 0 radical (unpaired) electrons. The maximum absolute atomic E-state index is 11.2. The minimum Gasteiger partial charge on any atom is -0.356 e. The van der Waals surface area contributed by atoms with E-state index in [9.17, 15) is 9.59 Å². The summed E-state index contributed by atoms with van der Waals surface area (Å²) >= 11 is 0. The van der Waals surface area contributed by atoms with Gasteiger partial charge in [0.2, 0.25) is 0 Å². The summed E-state index contributed by atoms with van der Waals surface area (Å²) in [6.07, 6.45) is 1.44. The van der Waals surface area contributed by atoms with E-state index in [2.05, 4.69) is 26.3 Å². The van der Waals surface area contributed by atoms with Crippen LogP contribution in [-0.4, -0.2) is 43.6 Å². The summed E-state index contributed by atoms with van der Waals surface area (Å²) in [4.78, 5) is 26.2. The molecule has 0 aliphatic carbocycles. The average molecular weight is 225 g/mol. The maximum atomic E-state index is 11.2. The van der Waals surface area contributed by atoms with Crippen LogP contribution in [0.1, 0.15) is 12.8 Å². The summed E-state index contributed by atoms with van der Waals surface area (Å²) in [5.41, 5.74) is 0. The zero-order valence-corrected chi connectivity index (χ0v) is 8.88. The van der Waals surface area contributed by atoms with Crippen molar-refractivity contribution in [3.05, 3.63) is 0 Å². The highest BCUT2D eigenvalue weighted by molar-refractivity contribution is 6.04. The van der Waals surface area contributed by atoms with Crippen LogP contribution in [0.5, 0.6) is 0 Å². The number of guanidine groups is 1. The number of urea groups is 1. The van der Waals surface area contributed by atoms with Crippen molar-refractivity contribution in [1.29, 1.82) is 0 Å². The Kier molecular flexibility index (Phi) is 3.23. The zero-order chi connectivity index (χ0) is 11.4. The van der Waals surface area contributed by atoms with Gasteiger partial charge in [0.25, 0.3) is 5.91 Å². The van der Waals surface area contributed by atoms with Gasteiger partial charge in [0.1, 0.15) is 6.04 Å². The van der Waals surface area contributed by atoms with Gasteiger partial charge in [-0.1, -0.05) is 0 Å². The van der Waals surface area contributed by atoms with Gasteiger partial charge in [-0.05, 0) is 12.8 Å². The van der Waals surface area contributed by atoms with Crippen molar-refractivity contribution in [2.75, 3.05) is 19.6 Å². The minimum atomic E-state index is -0.398. The van der Waals surface area contributed by atoms with Crippen LogP contribution in [0.15, 0.2) is 4.99 Å². The number of carbonyl (C=O) groups excluding carboxylic acids is 2. The Hall–Kier alpha value is -1.79. The van der Waals surface area contributed by atoms with Crippen molar-refractivity contribution in [2.24, 2.45) is 4.99 Å². The van der Waals surface area contributed by atoms with Crippen LogP contribution in [0.4, 0.5) is 4.79 Å². The maximum Gasteiger partial charge on any atom is 0.322 e. The van der Waals surface area contributed by atoms with E-state index in [1.807, 2.05) is 0 Å². The molecule has 0 bridgehead atoms. The molecule has 0 unspecified atom stereocenters. The highest BCUT2D eigenvalue weighted by Crippen LogP contribution is 2.01. The van der Waals surface area contributed by atoms with E-state index >= 15 is 0 Å². The third kappa shape index (κ3) is 2.62. The lowest BCUT2D eigenvalue weighted by atomic mass is 10.1. The summed E-state index contributed by atoms with van der Waals surface area (Å²) in [5, 5.41) is 11.0. The molecule has 16 heavy (non-hydrogen) atoms. The normalized spacial score (nSPS) is 23.5. The molecule has 2 aliphatic heterocycles. The first-order chi connectivity index (χ1) is 7.75. The number of hydrogen-bond donors (Lipinski definition) is 4. The smallest absolute Gasteiger partial charge is 0.322 e. The van der Waals surface area contributed by atoms with E-state index in [-0.39, 0.29) is 11.9 Å². The molecule has 3 amide bonds. The number of amides is 3. The molecule has 0 aromatic carbocycles. The van der Waals surface area contributed by atoms with Gasteiger partial charge in [0.05, 0.1) is 6.54 Å². The van der Waals surface area contributed by atoms with Crippen LogP contribution in [0.25, 0.3) is 0 Å². The van der Waals surface area contributed by atoms with E-state index in [1.165, 1.54) is 0 Å². The first kappa shape index (κ1) is 10.7. The summed E-state index contributed by atoms with van der Waals surface area (Å²) in [5.74, 6) is 0.584. The number of aliphatic imine (C=N–C) groups is 1. The number of imide groups is 1. The average Bonchev–Trinajstić information content (AvgIpc) is 2.84. The molecule has 2 rings (SSSR count). The van der Waals surface area contributed by atoms with Crippen molar-refractivity contribution in [3.8, 4) is 0 Å². The highest BCUT2D eigenvalue weighted by atomic mass is 16.2. The molecule has 0 aromatic rings. The molecule has 1 saturated heterocycles. The molecular weight excluding hydrogens is 210 g/mol. The van der Waals surface area contributed by atoms with Crippen molar-refractivity contribution >= 4 is 17.9 Å². The molecule has 1 atom stereocenters. The van der Waals surface area contributed by atoms with Crippen LogP contribution < -0.4 is 21.3 Å². The van der Waals surface area contributed by atoms with Crippen LogP contribution >= 0.6 is 0 Å². The van der Waals surface area contributed by atoms with Crippen molar-refractivity contribution < 1.29 is 9.59 Å². The van der Waals surface area contributed by atoms with Gasteiger partial charge in [-0.25, -0.2) is 4.79 Å². The van der Waals surface area contributed by atoms with Gasteiger partial charge in [-0.15, -0.1) is 0 Å². The number of nitrogens with one attached hydrogen (secondary N) is 4. The summed E-state index contributed by atoms with van der Waals surface area (Å²) in [6, 6.07) is -0.780. The molecule has 0 aromatic heterocycles. The van der Waals surface area contributed by atoms with Crippen LogP contribution in [0.3, 0.4) is 0 Å². The highest BCUT2D eigenvalue weighted by Gasteiger charge is 2.28. The molecule has 7 heteroatoms.